The van der Waals surface area contributed by atoms with E-state index in [0.29, 0.717) is 18.5 Å². The first-order chi connectivity index (χ1) is 11.2. The van der Waals surface area contributed by atoms with Crippen LogP contribution in [-0.4, -0.2) is 14.8 Å². The summed E-state index contributed by atoms with van der Waals surface area (Å²) in [7, 11) is 0. The molecule has 2 atom stereocenters. The molecular weight excluding hydrogens is 284 g/mol. The van der Waals surface area contributed by atoms with E-state index in [-0.39, 0.29) is 0 Å². The molecule has 0 aliphatic carbocycles. The fourth-order valence-electron chi connectivity index (χ4n) is 3.21. The van der Waals surface area contributed by atoms with Crippen LogP contribution in [0.3, 0.4) is 0 Å². The van der Waals surface area contributed by atoms with Crippen LogP contribution in [0.1, 0.15) is 90.7 Å². The number of nitrogens with zero attached hydrogens (tertiary/aromatic N) is 3. The predicted octanol–water partition coefficient (Wildman–Crippen LogP) is 4.71. The van der Waals surface area contributed by atoms with Gasteiger partial charge in [-0.25, -0.2) is 9.67 Å². The lowest BCUT2D eigenvalue weighted by atomic mass is 9.95. The van der Waals surface area contributed by atoms with Crippen LogP contribution >= 0.6 is 0 Å². The molecule has 1 heterocycles. The van der Waals surface area contributed by atoms with Crippen molar-refractivity contribution in [2.45, 2.75) is 98.6 Å². The van der Waals surface area contributed by atoms with E-state index in [4.69, 9.17) is 10.7 Å². The van der Waals surface area contributed by atoms with Crippen molar-refractivity contribution in [3.8, 4) is 0 Å². The molecule has 0 amide bonds. The van der Waals surface area contributed by atoms with Crippen LogP contribution in [0.25, 0.3) is 0 Å². The maximum Gasteiger partial charge on any atom is 0.151 e. The zero-order valence-electron chi connectivity index (χ0n) is 15.9. The summed E-state index contributed by atoms with van der Waals surface area (Å²) in [5.74, 6) is 3.51. The summed E-state index contributed by atoms with van der Waals surface area (Å²) >= 11 is 0. The third-order valence-electron chi connectivity index (χ3n) is 4.99. The minimum Gasteiger partial charge on any atom is -0.312 e. The molecule has 0 spiro atoms. The van der Waals surface area contributed by atoms with Crippen molar-refractivity contribution in [3.63, 3.8) is 0 Å². The molecule has 0 saturated heterocycles. The molecule has 0 fully saturated rings. The SMILES string of the molecule is CCCCC(CC)Cc1nc(CC(CC)CCCC)n(CN)n1. The highest BCUT2D eigenvalue weighted by Gasteiger charge is 2.16. The molecule has 0 aliphatic rings. The van der Waals surface area contributed by atoms with E-state index in [9.17, 15) is 0 Å². The van der Waals surface area contributed by atoms with Crippen molar-refractivity contribution in [3.05, 3.63) is 11.6 Å². The van der Waals surface area contributed by atoms with E-state index in [2.05, 4.69) is 32.8 Å². The van der Waals surface area contributed by atoms with Crippen molar-refractivity contribution < 1.29 is 0 Å². The summed E-state index contributed by atoms with van der Waals surface area (Å²) < 4.78 is 1.93. The number of rotatable bonds is 13. The molecule has 0 aromatic carbocycles. The Kier molecular flexibility index (Phi) is 10.2. The lowest BCUT2D eigenvalue weighted by molar-refractivity contribution is 0.426. The molecule has 134 valence electrons. The highest BCUT2D eigenvalue weighted by Crippen LogP contribution is 2.20. The minimum absolute atomic E-state index is 0.443. The summed E-state index contributed by atoms with van der Waals surface area (Å²) in [6, 6.07) is 0. The topological polar surface area (TPSA) is 56.7 Å². The van der Waals surface area contributed by atoms with Crippen LogP contribution < -0.4 is 5.73 Å². The van der Waals surface area contributed by atoms with Crippen molar-refractivity contribution >= 4 is 0 Å². The summed E-state index contributed by atoms with van der Waals surface area (Å²) in [4.78, 5) is 4.84. The maximum absolute atomic E-state index is 5.89. The van der Waals surface area contributed by atoms with E-state index in [1.54, 1.807) is 0 Å². The van der Waals surface area contributed by atoms with Gasteiger partial charge in [0.05, 0.1) is 6.67 Å². The molecule has 0 bridgehead atoms. The highest BCUT2D eigenvalue weighted by molar-refractivity contribution is 4.96. The fourth-order valence-corrected chi connectivity index (χ4v) is 3.21. The third-order valence-corrected chi connectivity index (χ3v) is 4.99. The Balaban J connectivity index is 2.71. The lowest BCUT2D eigenvalue weighted by Crippen LogP contribution is -2.15. The number of nitrogens with two attached hydrogens (primary N) is 1. The van der Waals surface area contributed by atoms with E-state index in [1.807, 2.05) is 4.68 Å². The predicted molar refractivity (Wildman–Crippen MR) is 98.2 cm³/mol. The van der Waals surface area contributed by atoms with Crippen LogP contribution in [0.4, 0.5) is 0 Å². The molecule has 0 saturated carbocycles. The van der Waals surface area contributed by atoms with E-state index in [1.165, 1.54) is 51.4 Å². The van der Waals surface area contributed by atoms with Crippen LogP contribution in [0.2, 0.25) is 0 Å². The molecular formula is C19H38N4. The summed E-state index contributed by atoms with van der Waals surface area (Å²) in [6.07, 6.45) is 12.1. The summed E-state index contributed by atoms with van der Waals surface area (Å²) in [5, 5.41) is 4.67. The molecule has 2 unspecified atom stereocenters. The van der Waals surface area contributed by atoms with Gasteiger partial charge in [-0.05, 0) is 11.8 Å². The molecule has 23 heavy (non-hydrogen) atoms. The highest BCUT2D eigenvalue weighted by atomic mass is 15.4. The molecule has 4 nitrogen and oxygen atoms in total. The molecule has 2 N–H and O–H groups in total. The zero-order chi connectivity index (χ0) is 17.1. The first-order valence-electron chi connectivity index (χ1n) is 9.80. The van der Waals surface area contributed by atoms with E-state index >= 15 is 0 Å². The van der Waals surface area contributed by atoms with Crippen molar-refractivity contribution in [1.82, 2.24) is 14.8 Å². The second kappa shape index (κ2) is 11.6. The Bertz CT molecular complexity index is 414. The minimum atomic E-state index is 0.443. The average molecular weight is 323 g/mol. The molecule has 0 radical (unpaired) electrons. The smallest absolute Gasteiger partial charge is 0.151 e. The van der Waals surface area contributed by atoms with Gasteiger partial charge in [0.2, 0.25) is 0 Å². The van der Waals surface area contributed by atoms with Gasteiger partial charge in [0.1, 0.15) is 5.82 Å². The van der Waals surface area contributed by atoms with E-state index < -0.39 is 0 Å². The second-order valence-corrected chi connectivity index (χ2v) is 6.87. The Labute approximate surface area is 143 Å². The largest absolute Gasteiger partial charge is 0.312 e. The van der Waals surface area contributed by atoms with Gasteiger partial charge in [0.25, 0.3) is 0 Å². The molecule has 4 heteroatoms. The Morgan fingerprint density at radius 1 is 0.913 bits per heavy atom. The molecule has 1 rings (SSSR count). The Hall–Kier alpha value is -0.900. The van der Waals surface area contributed by atoms with Gasteiger partial charge in [-0.1, -0.05) is 79.1 Å². The number of aromatic nitrogens is 3. The lowest BCUT2D eigenvalue weighted by Gasteiger charge is -2.13. The van der Waals surface area contributed by atoms with Gasteiger partial charge in [-0.2, -0.15) is 5.10 Å². The van der Waals surface area contributed by atoms with Crippen molar-refractivity contribution in [2.24, 2.45) is 17.6 Å². The number of hydrogen-bond acceptors (Lipinski definition) is 3. The first-order valence-corrected chi connectivity index (χ1v) is 9.80. The average Bonchev–Trinajstić information content (AvgIpc) is 2.96. The number of hydrogen-bond donors (Lipinski definition) is 1. The van der Waals surface area contributed by atoms with Gasteiger partial charge in [0, 0.05) is 12.8 Å². The van der Waals surface area contributed by atoms with Crippen molar-refractivity contribution in [1.29, 1.82) is 0 Å². The third kappa shape index (κ3) is 7.03. The Morgan fingerprint density at radius 3 is 1.96 bits per heavy atom. The number of unbranched alkanes of at least 4 members (excludes halogenated alkanes) is 2. The van der Waals surface area contributed by atoms with Crippen LogP contribution in [0.15, 0.2) is 0 Å². The fraction of sp³-hybridized carbons (Fsp3) is 0.895. The Morgan fingerprint density at radius 2 is 1.48 bits per heavy atom. The molecule has 1 aromatic rings. The maximum atomic E-state index is 5.89. The van der Waals surface area contributed by atoms with Crippen molar-refractivity contribution in [2.75, 3.05) is 0 Å². The molecule has 0 aliphatic heterocycles. The summed E-state index contributed by atoms with van der Waals surface area (Å²) in [5.41, 5.74) is 5.89. The van der Waals surface area contributed by atoms with Gasteiger partial charge in [-0.15, -0.1) is 0 Å². The van der Waals surface area contributed by atoms with Gasteiger partial charge in [-0.3, -0.25) is 0 Å². The van der Waals surface area contributed by atoms with Gasteiger partial charge < -0.3 is 5.73 Å². The van der Waals surface area contributed by atoms with Gasteiger partial charge >= 0.3 is 0 Å². The zero-order valence-corrected chi connectivity index (χ0v) is 15.9. The van der Waals surface area contributed by atoms with Crippen LogP contribution in [0, 0.1) is 11.8 Å². The monoisotopic (exact) mass is 322 g/mol. The quantitative estimate of drug-likeness (QED) is 0.572. The summed E-state index contributed by atoms with van der Waals surface area (Å²) in [6.45, 7) is 9.52. The standard InChI is InChI=1S/C19H38N4/c1-5-9-11-16(7-3)13-18-21-19(23(15-20)22-18)14-17(8-4)12-10-6-2/h16-17H,5-15,20H2,1-4H3. The van der Waals surface area contributed by atoms with Crippen LogP contribution in [0.5, 0.6) is 0 Å². The first kappa shape index (κ1) is 20.1. The van der Waals surface area contributed by atoms with Crippen LogP contribution in [-0.2, 0) is 19.5 Å². The molecule has 1 aromatic heterocycles. The second-order valence-electron chi connectivity index (χ2n) is 6.87. The van der Waals surface area contributed by atoms with E-state index in [0.717, 1.165) is 24.5 Å². The van der Waals surface area contributed by atoms with Gasteiger partial charge in [0.15, 0.2) is 5.82 Å². The normalized spacial score (nSPS) is 14.1.